The molecule has 0 bridgehead atoms. The molecule has 0 spiro atoms. The third-order valence-corrected chi connectivity index (χ3v) is 4.72. The average Bonchev–Trinajstić information content (AvgIpc) is 3.03. The second-order valence-electron chi connectivity index (χ2n) is 4.75. The molecule has 0 fully saturated rings. The van der Waals surface area contributed by atoms with Crippen LogP contribution in [0.3, 0.4) is 0 Å². The number of rotatable bonds is 4. The van der Waals surface area contributed by atoms with E-state index in [4.69, 9.17) is 11.6 Å². The molecule has 0 aliphatic heterocycles. The van der Waals surface area contributed by atoms with Crippen molar-refractivity contribution in [1.29, 1.82) is 0 Å². The number of benzene rings is 1. The molecule has 2 heterocycles. The Kier molecular flexibility index (Phi) is 4.15. The monoisotopic (exact) mass is 368 g/mol. The van der Waals surface area contributed by atoms with Crippen LogP contribution < -0.4 is 0 Å². The molecule has 2 nitrogen and oxygen atoms in total. The molecule has 1 aromatic carbocycles. The third-order valence-electron chi connectivity index (χ3n) is 3.30. The number of hydrogen-bond donors (Lipinski definition) is 0. The minimum atomic E-state index is -0.0938. The van der Waals surface area contributed by atoms with E-state index >= 15 is 0 Å². The van der Waals surface area contributed by atoms with Crippen molar-refractivity contribution in [2.24, 2.45) is 0 Å². The summed E-state index contributed by atoms with van der Waals surface area (Å²) in [6, 6.07) is 8.33. The fraction of sp³-hybridized carbons (Fsp3) is 0.267. The molecule has 0 amide bonds. The molecule has 0 N–H and O–H groups in total. The molecule has 3 aromatic rings. The largest absolute Gasteiger partial charge is 0.326 e. The first kappa shape index (κ1) is 14.1. The highest BCUT2D eigenvalue weighted by atomic mass is 79.9. The van der Waals surface area contributed by atoms with Gasteiger partial charge in [-0.25, -0.2) is 4.98 Å². The van der Waals surface area contributed by atoms with Crippen LogP contribution in [0.2, 0.25) is 0 Å². The van der Waals surface area contributed by atoms with Gasteiger partial charge in [0.1, 0.15) is 5.82 Å². The number of aryl methyl sites for hydroxylation is 2. The van der Waals surface area contributed by atoms with Crippen molar-refractivity contribution in [2.75, 3.05) is 0 Å². The van der Waals surface area contributed by atoms with Crippen LogP contribution in [0.15, 0.2) is 39.5 Å². The molecular formula is C15H14BrClN2S. The first-order valence-electron chi connectivity index (χ1n) is 6.46. The van der Waals surface area contributed by atoms with Crippen molar-refractivity contribution in [3.05, 3.63) is 50.9 Å². The highest BCUT2D eigenvalue weighted by molar-refractivity contribution is 9.10. The van der Waals surface area contributed by atoms with Crippen molar-refractivity contribution < 1.29 is 0 Å². The highest BCUT2D eigenvalue weighted by Crippen LogP contribution is 2.27. The molecule has 0 aliphatic rings. The predicted octanol–water partition coefficient (Wildman–Crippen LogP) is 5.40. The van der Waals surface area contributed by atoms with Crippen LogP contribution in [0.4, 0.5) is 0 Å². The smallest absolute Gasteiger partial charge is 0.127 e. The number of nitrogens with zero attached hydrogens (tertiary/aromatic N) is 2. The van der Waals surface area contributed by atoms with E-state index < -0.39 is 0 Å². The summed E-state index contributed by atoms with van der Waals surface area (Å²) in [6.07, 6.45) is 0.998. The van der Waals surface area contributed by atoms with E-state index in [2.05, 4.69) is 48.4 Å². The summed E-state index contributed by atoms with van der Waals surface area (Å²) in [4.78, 5) is 4.67. The second-order valence-corrected chi connectivity index (χ2v) is 7.10. The van der Waals surface area contributed by atoms with Gasteiger partial charge >= 0.3 is 0 Å². The molecule has 1 atom stereocenters. The Labute approximate surface area is 135 Å². The van der Waals surface area contributed by atoms with Crippen molar-refractivity contribution in [3.8, 4) is 0 Å². The van der Waals surface area contributed by atoms with E-state index in [-0.39, 0.29) is 5.38 Å². The summed E-state index contributed by atoms with van der Waals surface area (Å²) >= 11 is 11.6. The lowest BCUT2D eigenvalue weighted by Gasteiger charge is -2.10. The van der Waals surface area contributed by atoms with Crippen molar-refractivity contribution in [2.45, 2.75) is 25.3 Å². The third kappa shape index (κ3) is 2.78. The van der Waals surface area contributed by atoms with Gasteiger partial charge in [-0.2, -0.15) is 11.3 Å². The molecule has 3 rings (SSSR count). The maximum atomic E-state index is 6.29. The lowest BCUT2D eigenvalue weighted by molar-refractivity contribution is 0.669. The van der Waals surface area contributed by atoms with E-state index in [0.717, 1.165) is 34.3 Å². The van der Waals surface area contributed by atoms with Crippen molar-refractivity contribution in [1.82, 2.24) is 9.55 Å². The zero-order valence-corrected chi connectivity index (χ0v) is 14.2. The van der Waals surface area contributed by atoms with Crippen LogP contribution in [0.25, 0.3) is 11.0 Å². The molecule has 104 valence electrons. The van der Waals surface area contributed by atoms with Crippen molar-refractivity contribution in [3.63, 3.8) is 0 Å². The van der Waals surface area contributed by atoms with Crippen LogP contribution in [-0.2, 0) is 13.0 Å². The zero-order chi connectivity index (χ0) is 14.1. The van der Waals surface area contributed by atoms with Gasteiger partial charge in [0.2, 0.25) is 0 Å². The minimum Gasteiger partial charge on any atom is -0.326 e. The second kappa shape index (κ2) is 5.88. The Balaban J connectivity index is 2.01. The summed E-state index contributed by atoms with van der Waals surface area (Å²) in [5.41, 5.74) is 3.50. The number of thiophene rings is 1. The lowest BCUT2D eigenvalue weighted by atomic mass is 10.2. The van der Waals surface area contributed by atoms with Crippen LogP contribution in [-0.4, -0.2) is 9.55 Å². The maximum Gasteiger partial charge on any atom is 0.127 e. The predicted molar refractivity (Wildman–Crippen MR) is 89.7 cm³/mol. The highest BCUT2D eigenvalue weighted by Gasteiger charge is 2.15. The van der Waals surface area contributed by atoms with Gasteiger partial charge in [-0.15, -0.1) is 11.6 Å². The van der Waals surface area contributed by atoms with E-state index in [1.165, 1.54) is 5.56 Å². The van der Waals surface area contributed by atoms with Crippen LogP contribution in [0, 0.1) is 0 Å². The molecule has 0 radical (unpaired) electrons. The van der Waals surface area contributed by atoms with Crippen LogP contribution in [0.1, 0.15) is 23.7 Å². The first-order valence-corrected chi connectivity index (χ1v) is 8.63. The first-order chi connectivity index (χ1) is 9.65. The Hall–Kier alpha value is -0.840. The maximum absolute atomic E-state index is 6.29. The van der Waals surface area contributed by atoms with E-state index in [9.17, 15) is 0 Å². The van der Waals surface area contributed by atoms with E-state index in [1.54, 1.807) is 11.3 Å². The van der Waals surface area contributed by atoms with Gasteiger partial charge in [0, 0.05) is 11.0 Å². The summed E-state index contributed by atoms with van der Waals surface area (Å²) in [7, 11) is 0. The quantitative estimate of drug-likeness (QED) is 0.563. The zero-order valence-electron chi connectivity index (χ0n) is 11.0. The summed E-state index contributed by atoms with van der Waals surface area (Å²) in [5.74, 6) is 0.940. The molecule has 2 aromatic heterocycles. The number of alkyl halides is 1. The normalized spacial score (nSPS) is 12.9. The summed E-state index contributed by atoms with van der Waals surface area (Å²) in [6.45, 7) is 2.87. The summed E-state index contributed by atoms with van der Waals surface area (Å²) < 4.78 is 3.30. The molecule has 0 saturated carbocycles. The van der Waals surface area contributed by atoms with Gasteiger partial charge in [0.15, 0.2) is 0 Å². The molecule has 20 heavy (non-hydrogen) atoms. The van der Waals surface area contributed by atoms with Crippen LogP contribution >= 0.6 is 38.9 Å². The van der Waals surface area contributed by atoms with Gasteiger partial charge in [0.25, 0.3) is 0 Å². The van der Waals surface area contributed by atoms with Gasteiger partial charge in [-0.3, -0.25) is 0 Å². The minimum absolute atomic E-state index is 0.0938. The van der Waals surface area contributed by atoms with Gasteiger partial charge < -0.3 is 4.57 Å². The molecule has 5 heteroatoms. The Morgan fingerprint density at radius 1 is 1.40 bits per heavy atom. The SMILES string of the molecule is CC(Cl)c1nc2ccc(Br)cc2n1CCc1ccsc1. The van der Waals surface area contributed by atoms with Gasteiger partial charge in [-0.05, 0) is 53.9 Å². The lowest BCUT2D eigenvalue weighted by Crippen LogP contribution is -2.06. The van der Waals surface area contributed by atoms with Gasteiger partial charge in [0.05, 0.1) is 16.4 Å². The number of fused-ring (bicyclic) bond motifs is 1. The molecule has 1 unspecified atom stereocenters. The molecular weight excluding hydrogens is 356 g/mol. The summed E-state index contributed by atoms with van der Waals surface area (Å²) in [5, 5.41) is 4.21. The average molecular weight is 370 g/mol. The Morgan fingerprint density at radius 3 is 2.95 bits per heavy atom. The van der Waals surface area contributed by atoms with E-state index in [1.807, 2.05) is 19.1 Å². The van der Waals surface area contributed by atoms with Crippen molar-refractivity contribution >= 4 is 49.9 Å². The Bertz CT molecular complexity index is 719. The molecule has 0 aliphatic carbocycles. The topological polar surface area (TPSA) is 17.8 Å². The fourth-order valence-electron chi connectivity index (χ4n) is 2.33. The fourth-order valence-corrected chi connectivity index (χ4v) is 3.55. The number of hydrogen-bond acceptors (Lipinski definition) is 2. The van der Waals surface area contributed by atoms with Crippen LogP contribution in [0.5, 0.6) is 0 Å². The number of imidazole rings is 1. The number of halogens is 2. The number of aromatic nitrogens is 2. The Morgan fingerprint density at radius 2 is 2.25 bits per heavy atom. The van der Waals surface area contributed by atoms with E-state index in [0.29, 0.717) is 0 Å². The molecule has 0 saturated heterocycles. The standard InChI is InChI=1S/C15H14BrClN2S/c1-10(17)15-18-13-3-2-12(16)8-14(13)19(15)6-4-11-5-7-20-9-11/h2-3,5,7-10H,4,6H2,1H3. The van der Waals surface area contributed by atoms with Gasteiger partial charge in [-0.1, -0.05) is 15.9 Å².